The van der Waals surface area contributed by atoms with Gasteiger partial charge in [0.05, 0.1) is 21.1 Å². The Hall–Kier alpha value is -1.78. The van der Waals surface area contributed by atoms with Crippen LogP contribution in [-0.4, -0.2) is 15.0 Å². The van der Waals surface area contributed by atoms with Crippen LogP contribution in [0.1, 0.15) is 0 Å². The number of nitrogens with one attached hydrogen (secondary N) is 2. The Balaban J connectivity index is 2.33. The molecule has 2 aromatic heterocycles. The molecule has 6 heteroatoms. The average Bonchev–Trinajstić information content (AvgIpc) is 2.74. The van der Waals surface area contributed by atoms with Crippen molar-refractivity contribution < 1.29 is 0 Å². The van der Waals surface area contributed by atoms with Crippen LogP contribution in [0.3, 0.4) is 0 Å². The molecule has 18 heavy (non-hydrogen) atoms. The van der Waals surface area contributed by atoms with E-state index in [2.05, 4.69) is 15.0 Å². The number of aromatic amines is 2. The summed E-state index contributed by atoms with van der Waals surface area (Å²) in [6.07, 6.45) is 1.56. The fraction of sp³-hybridized carbons (Fsp3) is 0. The highest BCUT2D eigenvalue weighted by molar-refractivity contribution is 6.39. The molecule has 0 aliphatic carbocycles. The number of rotatable bonds is 1. The Morgan fingerprint density at radius 1 is 1.11 bits per heavy atom. The summed E-state index contributed by atoms with van der Waals surface area (Å²) < 4.78 is 0. The first-order valence-corrected chi connectivity index (χ1v) is 5.94. The molecule has 0 unspecified atom stereocenters. The Morgan fingerprint density at radius 2 is 1.83 bits per heavy atom. The molecule has 0 saturated carbocycles. The van der Waals surface area contributed by atoms with E-state index in [1.54, 1.807) is 30.5 Å². The molecule has 0 fully saturated rings. The average molecular weight is 280 g/mol. The van der Waals surface area contributed by atoms with Gasteiger partial charge in [-0.25, -0.2) is 4.98 Å². The summed E-state index contributed by atoms with van der Waals surface area (Å²) in [4.78, 5) is 21.4. The van der Waals surface area contributed by atoms with Gasteiger partial charge in [0.1, 0.15) is 5.82 Å². The lowest BCUT2D eigenvalue weighted by Gasteiger charge is -2.02. The molecule has 0 spiro atoms. The van der Waals surface area contributed by atoms with Gasteiger partial charge >= 0.3 is 0 Å². The summed E-state index contributed by atoms with van der Waals surface area (Å²) in [6.45, 7) is 0. The van der Waals surface area contributed by atoms with Gasteiger partial charge in [0, 0.05) is 6.20 Å². The largest absolute Gasteiger partial charge is 0.338 e. The molecule has 0 atom stereocenters. The lowest BCUT2D eigenvalue weighted by atomic mass is 10.2. The minimum atomic E-state index is -0.252. The second-order valence-electron chi connectivity index (χ2n) is 3.75. The van der Waals surface area contributed by atoms with Crippen molar-refractivity contribution in [3.63, 3.8) is 0 Å². The van der Waals surface area contributed by atoms with Crippen LogP contribution in [0.15, 0.2) is 35.3 Å². The fourth-order valence-corrected chi connectivity index (χ4v) is 2.37. The Bertz CT molecular complexity index is 771. The first kappa shape index (κ1) is 11.3. The number of halogens is 2. The van der Waals surface area contributed by atoms with E-state index in [1.165, 1.54) is 0 Å². The molecule has 2 heterocycles. The first-order valence-electron chi connectivity index (χ1n) is 5.18. The maximum absolute atomic E-state index is 11.6. The normalized spacial score (nSPS) is 11.0. The van der Waals surface area contributed by atoms with Crippen molar-refractivity contribution in [1.82, 2.24) is 15.0 Å². The number of aromatic nitrogens is 3. The molecule has 90 valence electrons. The second kappa shape index (κ2) is 4.15. The van der Waals surface area contributed by atoms with E-state index in [9.17, 15) is 4.79 Å². The number of fused-ring (bicyclic) bond motifs is 1. The van der Waals surface area contributed by atoms with Gasteiger partial charge in [-0.1, -0.05) is 29.3 Å². The topological polar surface area (TPSA) is 61.5 Å². The number of nitrogens with zero attached hydrogens (tertiary/aromatic N) is 1. The predicted octanol–water partition coefficient (Wildman–Crippen LogP) is 3.23. The molecule has 2 N–H and O–H groups in total. The summed E-state index contributed by atoms with van der Waals surface area (Å²) in [5.74, 6) is 0.484. The number of pyridine rings is 1. The zero-order chi connectivity index (χ0) is 12.7. The molecule has 0 aliphatic heterocycles. The third-order valence-electron chi connectivity index (χ3n) is 2.61. The van der Waals surface area contributed by atoms with Crippen LogP contribution in [-0.2, 0) is 0 Å². The van der Waals surface area contributed by atoms with Gasteiger partial charge in [-0.05, 0) is 18.2 Å². The van der Waals surface area contributed by atoms with E-state index in [1.807, 2.05) is 0 Å². The van der Waals surface area contributed by atoms with Gasteiger partial charge in [-0.2, -0.15) is 0 Å². The van der Waals surface area contributed by atoms with Gasteiger partial charge in [0.2, 0.25) is 0 Å². The molecular formula is C12H7Cl2N3O. The van der Waals surface area contributed by atoms with Crippen LogP contribution in [0.4, 0.5) is 0 Å². The number of imidazole rings is 1. The lowest BCUT2D eigenvalue weighted by molar-refractivity contribution is 1.26. The van der Waals surface area contributed by atoms with E-state index in [-0.39, 0.29) is 5.56 Å². The van der Waals surface area contributed by atoms with Crippen molar-refractivity contribution in [2.75, 3.05) is 0 Å². The third-order valence-corrected chi connectivity index (χ3v) is 3.24. The molecular weight excluding hydrogens is 273 g/mol. The van der Waals surface area contributed by atoms with E-state index in [0.29, 0.717) is 32.5 Å². The standard InChI is InChI=1S/C12H7Cl2N3O/c13-6-2-1-3-7(14)9(6)11-16-8-4-5-15-12(18)10(8)17-11/h1-5H,(H,15,18)(H,16,17). The molecule has 1 aromatic carbocycles. The van der Waals surface area contributed by atoms with Gasteiger partial charge < -0.3 is 9.97 Å². The van der Waals surface area contributed by atoms with E-state index in [0.717, 1.165) is 0 Å². The molecule has 3 aromatic rings. The van der Waals surface area contributed by atoms with E-state index >= 15 is 0 Å². The first-order chi connectivity index (χ1) is 8.66. The summed E-state index contributed by atoms with van der Waals surface area (Å²) in [5, 5.41) is 0.968. The number of H-pyrrole nitrogens is 2. The van der Waals surface area contributed by atoms with Gasteiger partial charge in [0.25, 0.3) is 5.56 Å². The number of benzene rings is 1. The van der Waals surface area contributed by atoms with Crippen molar-refractivity contribution >= 4 is 34.2 Å². The highest BCUT2D eigenvalue weighted by atomic mass is 35.5. The van der Waals surface area contributed by atoms with Gasteiger partial charge in [-0.3, -0.25) is 4.79 Å². The molecule has 3 rings (SSSR count). The lowest BCUT2D eigenvalue weighted by Crippen LogP contribution is -2.03. The van der Waals surface area contributed by atoms with Crippen LogP contribution in [0.5, 0.6) is 0 Å². The fourth-order valence-electron chi connectivity index (χ4n) is 1.79. The number of hydrogen-bond acceptors (Lipinski definition) is 2. The monoisotopic (exact) mass is 279 g/mol. The van der Waals surface area contributed by atoms with Gasteiger partial charge in [0.15, 0.2) is 5.52 Å². The van der Waals surface area contributed by atoms with Crippen LogP contribution in [0, 0.1) is 0 Å². The Kier molecular flexibility index (Phi) is 2.61. The third kappa shape index (κ3) is 1.70. The highest BCUT2D eigenvalue weighted by Crippen LogP contribution is 2.33. The van der Waals surface area contributed by atoms with Crippen molar-refractivity contribution in [1.29, 1.82) is 0 Å². The molecule has 0 aliphatic rings. The summed E-state index contributed by atoms with van der Waals surface area (Å²) >= 11 is 12.2. The van der Waals surface area contributed by atoms with E-state index < -0.39 is 0 Å². The minimum Gasteiger partial charge on any atom is -0.338 e. The Morgan fingerprint density at radius 3 is 2.50 bits per heavy atom. The van der Waals surface area contributed by atoms with Crippen molar-refractivity contribution in [2.24, 2.45) is 0 Å². The SMILES string of the molecule is O=c1[nH]ccc2[nH]c(-c3c(Cl)cccc3Cl)nc12. The van der Waals surface area contributed by atoms with Crippen LogP contribution in [0.25, 0.3) is 22.4 Å². The quantitative estimate of drug-likeness (QED) is 0.718. The summed E-state index contributed by atoms with van der Waals surface area (Å²) in [7, 11) is 0. The number of hydrogen-bond donors (Lipinski definition) is 2. The van der Waals surface area contributed by atoms with Crippen LogP contribution >= 0.6 is 23.2 Å². The predicted molar refractivity (Wildman–Crippen MR) is 72.2 cm³/mol. The minimum absolute atomic E-state index is 0.252. The Labute approximate surface area is 112 Å². The maximum Gasteiger partial charge on any atom is 0.276 e. The smallest absolute Gasteiger partial charge is 0.276 e. The molecule has 0 amide bonds. The van der Waals surface area contributed by atoms with E-state index in [4.69, 9.17) is 23.2 Å². The zero-order valence-corrected chi connectivity index (χ0v) is 10.5. The molecule has 0 radical (unpaired) electrons. The molecule has 0 saturated heterocycles. The van der Waals surface area contributed by atoms with Crippen molar-refractivity contribution in [3.8, 4) is 11.4 Å². The van der Waals surface area contributed by atoms with Crippen LogP contribution < -0.4 is 5.56 Å². The highest BCUT2D eigenvalue weighted by Gasteiger charge is 2.13. The molecule has 0 bridgehead atoms. The van der Waals surface area contributed by atoms with Crippen molar-refractivity contribution in [3.05, 3.63) is 50.9 Å². The van der Waals surface area contributed by atoms with Crippen molar-refractivity contribution in [2.45, 2.75) is 0 Å². The zero-order valence-electron chi connectivity index (χ0n) is 9.00. The van der Waals surface area contributed by atoms with Crippen LogP contribution in [0.2, 0.25) is 10.0 Å². The summed E-state index contributed by atoms with van der Waals surface area (Å²) in [6, 6.07) is 6.93. The molecule has 4 nitrogen and oxygen atoms in total. The summed E-state index contributed by atoms with van der Waals surface area (Å²) in [5.41, 5.74) is 1.32. The van der Waals surface area contributed by atoms with Gasteiger partial charge in [-0.15, -0.1) is 0 Å². The second-order valence-corrected chi connectivity index (χ2v) is 4.57. The maximum atomic E-state index is 11.6.